The number of benzene rings is 1. The maximum atomic E-state index is 12.1. The van der Waals surface area contributed by atoms with E-state index >= 15 is 0 Å². The van der Waals surface area contributed by atoms with Gasteiger partial charge in [-0.25, -0.2) is 0 Å². The number of fused-ring (bicyclic) bond motifs is 1. The van der Waals surface area contributed by atoms with Gasteiger partial charge in [-0.1, -0.05) is 18.5 Å². The number of amides is 2. The van der Waals surface area contributed by atoms with E-state index in [1.54, 1.807) is 17.5 Å². The molecule has 0 saturated carbocycles. The third kappa shape index (κ3) is 4.37. The second kappa shape index (κ2) is 9.05. The Bertz CT molecular complexity index is 1230. The smallest absolute Gasteiger partial charge is 0.230 e. The Morgan fingerprint density at radius 1 is 1.21 bits per heavy atom. The Morgan fingerprint density at radius 3 is 2.73 bits per heavy atom. The van der Waals surface area contributed by atoms with Gasteiger partial charge in [0.2, 0.25) is 11.8 Å². The van der Waals surface area contributed by atoms with Crippen LogP contribution in [0.1, 0.15) is 43.0 Å². The lowest BCUT2D eigenvalue weighted by Gasteiger charge is -2.19. The average Bonchev–Trinajstić information content (AvgIpc) is 3.50. The number of halogens is 1. The van der Waals surface area contributed by atoms with Crippen molar-refractivity contribution in [3.63, 3.8) is 0 Å². The van der Waals surface area contributed by atoms with Gasteiger partial charge in [0.15, 0.2) is 0 Å². The molecular formula is C25H26ClN3O3S. The van der Waals surface area contributed by atoms with Crippen LogP contribution in [0.2, 0.25) is 5.02 Å². The fraction of sp³-hybridized carbons (Fsp3) is 0.400. The SMILES string of the molecule is CC[C@@H]1C[C@H](Oc2c(C)cc(Cl)cc2-c2ccnc3cc(CN4C(=O)CCC4=O)sc23)CN1. The molecule has 1 aromatic carbocycles. The van der Waals surface area contributed by atoms with E-state index in [4.69, 9.17) is 16.3 Å². The lowest BCUT2D eigenvalue weighted by atomic mass is 10.0. The number of carbonyl (C=O) groups is 2. The van der Waals surface area contributed by atoms with Crippen LogP contribution in [0.5, 0.6) is 5.75 Å². The molecule has 3 aromatic rings. The van der Waals surface area contributed by atoms with Gasteiger partial charge in [-0.15, -0.1) is 11.3 Å². The molecule has 0 aliphatic carbocycles. The Kier molecular flexibility index (Phi) is 6.12. The number of pyridine rings is 1. The molecule has 1 N–H and O–H groups in total. The van der Waals surface area contributed by atoms with Crippen LogP contribution in [0.25, 0.3) is 21.3 Å². The molecule has 2 fully saturated rings. The summed E-state index contributed by atoms with van der Waals surface area (Å²) in [5, 5.41) is 4.18. The van der Waals surface area contributed by atoms with Gasteiger partial charge < -0.3 is 10.1 Å². The second-order valence-corrected chi connectivity index (χ2v) is 10.3. The number of carbonyl (C=O) groups excluding carboxylic acids is 2. The van der Waals surface area contributed by atoms with Gasteiger partial charge in [-0.05, 0) is 43.2 Å². The Labute approximate surface area is 201 Å². The standard InChI is InChI=1S/C25H26ClN3O3S/c1-3-16-10-17(12-28-16)32-24-14(2)8-15(26)9-20(24)19-6-7-27-21-11-18(33-25(19)21)13-29-22(30)4-5-23(29)31/h6-9,11,16-17,28H,3-5,10,12-13H2,1-2H3/t16-,17+/m1/s1. The number of aryl methyl sites for hydroxylation is 1. The highest BCUT2D eigenvalue weighted by Gasteiger charge is 2.30. The minimum Gasteiger partial charge on any atom is -0.488 e. The van der Waals surface area contributed by atoms with Crippen molar-refractivity contribution in [2.75, 3.05) is 6.54 Å². The minimum atomic E-state index is -0.109. The Balaban J connectivity index is 1.53. The predicted molar refractivity (Wildman–Crippen MR) is 131 cm³/mol. The number of nitrogens with one attached hydrogen (secondary N) is 1. The van der Waals surface area contributed by atoms with Crippen molar-refractivity contribution in [3.05, 3.63) is 45.9 Å². The van der Waals surface area contributed by atoms with Crippen LogP contribution in [0, 0.1) is 6.92 Å². The molecule has 0 radical (unpaired) electrons. The summed E-state index contributed by atoms with van der Waals surface area (Å²) in [6.45, 7) is 5.33. The van der Waals surface area contributed by atoms with Crippen LogP contribution >= 0.6 is 22.9 Å². The minimum absolute atomic E-state index is 0.108. The number of thiophene rings is 1. The maximum Gasteiger partial charge on any atom is 0.230 e. The summed E-state index contributed by atoms with van der Waals surface area (Å²) in [6, 6.07) is 8.31. The maximum absolute atomic E-state index is 12.1. The lowest BCUT2D eigenvalue weighted by Crippen LogP contribution is -2.27. The van der Waals surface area contributed by atoms with Gasteiger partial charge in [0.1, 0.15) is 11.9 Å². The zero-order valence-electron chi connectivity index (χ0n) is 18.7. The zero-order valence-corrected chi connectivity index (χ0v) is 20.3. The van der Waals surface area contributed by atoms with E-state index < -0.39 is 0 Å². The summed E-state index contributed by atoms with van der Waals surface area (Å²) in [5.41, 5.74) is 3.76. The number of aromatic nitrogens is 1. The number of rotatable bonds is 6. The molecule has 0 bridgehead atoms. The molecule has 172 valence electrons. The number of likely N-dealkylation sites (tertiary alicyclic amines) is 1. The van der Waals surface area contributed by atoms with Crippen LogP contribution < -0.4 is 10.1 Å². The highest BCUT2D eigenvalue weighted by atomic mass is 35.5. The van der Waals surface area contributed by atoms with E-state index in [0.29, 0.717) is 30.5 Å². The van der Waals surface area contributed by atoms with E-state index in [0.717, 1.165) is 56.9 Å². The first-order valence-electron chi connectivity index (χ1n) is 11.3. The van der Waals surface area contributed by atoms with Crippen LogP contribution in [-0.2, 0) is 16.1 Å². The molecule has 2 aliphatic heterocycles. The van der Waals surface area contributed by atoms with Crippen molar-refractivity contribution in [3.8, 4) is 16.9 Å². The first kappa shape index (κ1) is 22.3. The molecule has 8 heteroatoms. The molecule has 33 heavy (non-hydrogen) atoms. The van der Waals surface area contributed by atoms with Crippen LogP contribution in [0.3, 0.4) is 0 Å². The number of hydrogen-bond donors (Lipinski definition) is 1. The molecule has 2 atom stereocenters. The fourth-order valence-electron chi connectivity index (χ4n) is 4.67. The summed E-state index contributed by atoms with van der Waals surface area (Å²) in [7, 11) is 0. The average molecular weight is 484 g/mol. The molecular weight excluding hydrogens is 458 g/mol. The van der Waals surface area contributed by atoms with E-state index in [1.165, 1.54) is 4.90 Å². The lowest BCUT2D eigenvalue weighted by molar-refractivity contribution is -0.138. The first-order valence-corrected chi connectivity index (χ1v) is 12.5. The molecule has 2 saturated heterocycles. The number of ether oxygens (including phenoxy) is 1. The second-order valence-electron chi connectivity index (χ2n) is 8.75. The van der Waals surface area contributed by atoms with Crippen LogP contribution in [0.15, 0.2) is 30.5 Å². The van der Waals surface area contributed by atoms with Gasteiger partial charge in [0, 0.05) is 59.1 Å². The summed E-state index contributed by atoms with van der Waals surface area (Å²) in [4.78, 5) is 31.0. The molecule has 0 unspecified atom stereocenters. The van der Waals surface area contributed by atoms with E-state index in [2.05, 4.69) is 17.2 Å². The van der Waals surface area contributed by atoms with Crippen molar-refractivity contribution in [1.29, 1.82) is 0 Å². The first-order chi connectivity index (χ1) is 15.9. The Morgan fingerprint density at radius 2 is 2.00 bits per heavy atom. The van der Waals surface area contributed by atoms with Gasteiger partial charge >= 0.3 is 0 Å². The third-order valence-corrected chi connectivity index (χ3v) is 7.78. The van der Waals surface area contributed by atoms with Gasteiger partial charge in [0.05, 0.1) is 16.8 Å². The van der Waals surface area contributed by atoms with Crippen LogP contribution in [0.4, 0.5) is 0 Å². The fourth-order valence-corrected chi connectivity index (χ4v) is 6.07. The highest BCUT2D eigenvalue weighted by Crippen LogP contribution is 2.42. The van der Waals surface area contributed by atoms with Gasteiger partial charge in [0.25, 0.3) is 0 Å². The van der Waals surface area contributed by atoms with Gasteiger partial charge in [-0.2, -0.15) is 0 Å². The quantitative estimate of drug-likeness (QED) is 0.494. The molecule has 2 amide bonds. The summed E-state index contributed by atoms with van der Waals surface area (Å²) in [6.07, 6.45) is 4.54. The van der Waals surface area contributed by atoms with E-state index in [1.807, 2.05) is 31.2 Å². The zero-order chi connectivity index (χ0) is 23.1. The predicted octanol–water partition coefficient (Wildman–Crippen LogP) is 5.09. The topological polar surface area (TPSA) is 71.5 Å². The van der Waals surface area contributed by atoms with E-state index in [9.17, 15) is 9.59 Å². The largest absolute Gasteiger partial charge is 0.488 e. The van der Waals surface area contributed by atoms with Crippen molar-refractivity contribution >= 4 is 45.0 Å². The monoisotopic (exact) mass is 483 g/mol. The van der Waals surface area contributed by atoms with Gasteiger partial charge in [-0.3, -0.25) is 19.5 Å². The Hall–Kier alpha value is -2.48. The molecule has 2 aromatic heterocycles. The molecule has 6 nitrogen and oxygen atoms in total. The van der Waals surface area contributed by atoms with Crippen molar-refractivity contribution < 1.29 is 14.3 Å². The van der Waals surface area contributed by atoms with Crippen molar-refractivity contribution in [2.45, 2.75) is 58.2 Å². The highest BCUT2D eigenvalue weighted by molar-refractivity contribution is 7.19. The normalized spacial score (nSPS) is 20.9. The summed E-state index contributed by atoms with van der Waals surface area (Å²) in [5.74, 6) is 0.625. The van der Waals surface area contributed by atoms with Crippen LogP contribution in [-0.4, -0.2) is 40.4 Å². The van der Waals surface area contributed by atoms with E-state index in [-0.39, 0.29) is 17.9 Å². The number of imide groups is 1. The molecule has 5 rings (SSSR count). The van der Waals surface area contributed by atoms with Crippen molar-refractivity contribution in [2.24, 2.45) is 0 Å². The molecule has 2 aliphatic rings. The third-order valence-electron chi connectivity index (χ3n) is 6.42. The number of nitrogens with zero attached hydrogens (tertiary/aromatic N) is 2. The summed E-state index contributed by atoms with van der Waals surface area (Å²) >= 11 is 8.03. The van der Waals surface area contributed by atoms with Crippen molar-refractivity contribution in [1.82, 2.24) is 15.2 Å². The summed E-state index contributed by atoms with van der Waals surface area (Å²) < 4.78 is 7.53. The molecule has 0 spiro atoms. The number of hydrogen-bond acceptors (Lipinski definition) is 6. The molecule has 4 heterocycles.